The molecule has 20 heavy (non-hydrogen) atoms. The maximum atomic E-state index is 13.3. The van der Waals surface area contributed by atoms with Crippen molar-refractivity contribution in [3.05, 3.63) is 53.3 Å². The predicted octanol–water partition coefficient (Wildman–Crippen LogP) is 4.28. The SMILES string of the molecule is CSc1cccc(Oc2ccc(F)c(C)c2)c1C(N)=S. The third kappa shape index (κ3) is 3.11. The molecule has 0 amide bonds. The number of aryl methyl sites for hydroxylation is 1. The van der Waals surface area contributed by atoms with E-state index in [9.17, 15) is 4.39 Å². The van der Waals surface area contributed by atoms with E-state index in [0.29, 0.717) is 22.6 Å². The Morgan fingerprint density at radius 3 is 2.65 bits per heavy atom. The average molecular weight is 307 g/mol. The number of halogens is 1. The molecular formula is C15H14FNOS2. The normalized spacial score (nSPS) is 10.3. The molecule has 0 aliphatic carbocycles. The van der Waals surface area contributed by atoms with Crippen molar-refractivity contribution in [1.29, 1.82) is 0 Å². The first-order valence-electron chi connectivity index (χ1n) is 5.93. The summed E-state index contributed by atoms with van der Waals surface area (Å²) >= 11 is 6.64. The van der Waals surface area contributed by atoms with Crippen LogP contribution < -0.4 is 10.5 Å². The van der Waals surface area contributed by atoms with Crippen LogP contribution in [-0.4, -0.2) is 11.2 Å². The van der Waals surface area contributed by atoms with Crippen LogP contribution in [0.4, 0.5) is 4.39 Å². The van der Waals surface area contributed by atoms with Gasteiger partial charge >= 0.3 is 0 Å². The molecule has 0 aliphatic rings. The molecule has 2 nitrogen and oxygen atoms in total. The van der Waals surface area contributed by atoms with Crippen LogP contribution in [0, 0.1) is 12.7 Å². The standard InChI is InChI=1S/C15H14FNOS2/c1-9-8-10(6-7-11(9)16)18-12-4-3-5-13(20-2)14(12)15(17)19/h3-8H,1-2H3,(H2,17,19). The molecule has 0 aliphatic heterocycles. The summed E-state index contributed by atoms with van der Waals surface area (Å²) in [7, 11) is 0. The van der Waals surface area contributed by atoms with E-state index in [1.54, 1.807) is 36.9 Å². The third-order valence-electron chi connectivity index (χ3n) is 2.81. The van der Waals surface area contributed by atoms with Gasteiger partial charge in [-0.25, -0.2) is 4.39 Å². The Hall–Kier alpha value is -1.59. The number of benzene rings is 2. The van der Waals surface area contributed by atoms with Crippen molar-refractivity contribution in [3.8, 4) is 11.5 Å². The van der Waals surface area contributed by atoms with E-state index in [2.05, 4.69) is 0 Å². The lowest BCUT2D eigenvalue weighted by Gasteiger charge is -2.13. The van der Waals surface area contributed by atoms with Gasteiger partial charge in [-0.2, -0.15) is 0 Å². The molecule has 0 saturated heterocycles. The summed E-state index contributed by atoms with van der Waals surface area (Å²) in [5.41, 5.74) is 7.01. The molecule has 0 radical (unpaired) electrons. The lowest BCUT2D eigenvalue weighted by molar-refractivity contribution is 0.477. The number of thioether (sulfide) groups is 1. The molecule has 0 saturated carbocycles. The van der Waals surface area contributed by atoms with Gasteiger partial charge in [-0.1, -0.05) is 18.3 Å². The van der Waals surface area contributed by atoms with E-state index in [1.807, 2.05) is 18.4 Å². The Kier molecular flexibility index (Phi) is 4.62. The van der Waals surface area contributed by atoms with Gasteiger partial charge < -0.3 is 10.5 Å². The third-order valence-corrected chi connectivity index (χ3v) is 3.80. The summed E-state index contributed by atoms with van der Waals surface area (Å²) in [6, 6.07) is 10.2. The van der Waals surface area contributed by atoms with Crippen LogP contribution in [-0.2, 0) is 0 Å². The smallest absolute Gasteiger partial charge is 0.138 e. The summed E-state index contributed by atoms with van der Waals surface area (Å²) in [5, 5.41) is 0. The molecule has 0 atom stereocenters. The molecule has 0 aromatic heterocycles. The molecule has 2 N–H and O–H groups in total. The Labute approximate surface area is 127 Å². The Morgan fingerprint density at radius 1 is 1.30 bits per heavy atom. The van der Waals surface area contributed by atoms with Gasteiger partial charge in [0.25, 0.3) is 0 Å². The molecule has 0 fully saturated rings. The van der Waals surface area contributed by atoms with Crippen molar-refractivity contribution in [1.82, 2.24) is 0 Å². The van der Waals surface area contributed by atoms with Crippen LogP contribution in [0.2, 0.25) is 0 Å². The van der Waals surface area contributed by atoms with E-state index < -0.39 is 0 Å². The highest BCUT2D eigenvalue weighted by molar-refractivity contribution is 7.98. The number of ether oxygens (including phenoxy) is 1. The van der Waals surface area contributed by atoms with Crippen LogP contribution in [0.25, 0.3) is 0 Å². The highest BCUT2D eigenvalue weighted by Gasteiger charge is 2.13. The summed E-state index contributed by atoms with van der Waals surface area (Å²) in [6.45, 7) is 1.69. The molecule has 5 heteroatoms. The van der Waals surface area contributed by atoms with Crippen LogP contribution >= 0.6 is 24.0 Å². The largest absolute Gasteiger partial charge is 0.457 e. The molecule has 2 rings (SSSR count). The van der Waals surface area contributed by atoms with Crippen LogP contribution in [0.5, 0.6) is 11.5 Å². The maximum absolute atomic E-state index is 13.3. The van der Waals surface area contributed by atoms with Gasteiger partial charge in [0.05, 0.1) is 5.56 Å². The van der Waals surface area contributed by atoms with E-state index in [0.717, 1.165) is 4.90 Å². The minimum Gasteiger partial charge on any atom is -0.457 e. The van der Waals surface area contributed by atoms with Crippen molar-refractivity contribution < 1.29 is 9.13 Å². The number of hydrogen-bond donors (Lipinski definition) is 1. The lowest BCUT2D eigenvalue weighted by atomic mass is 10.2. The van der Waals surface area contributed by atoms with Gasteiger partial charge in [0.15, 0.2) is 0 Å². The van der Waals surface area contributed by atoms with Crippen molar-refractivity contribution in [2.24, 2.45) is 5.73 Å². The second-order valence-corrected chi connectivity index (χ2v) is 5.50. The van der Waals surface area contributed by atoms with Gasteiger partial charge in [-0.05, 0) is 49.1 Å². The quantitative estimate of drug-likeness (QED) is 0.675. The molecule has 104 valence electrons. The first-order valence-corrected chi connectivity index (χ1v) is 7.57. The number of thiocarbonyl (C=S) groups is 1. The first kappa shape index (κ1) is 14.8. The summed E-state index contributed by atoms with van der Waals surface area (Å²) in [4.78, 5) is 1.23. The summed E-state index contributed by atoms with van der Waals surface area (Å²) in [6.07, 6.45) is 1.95. The van der Waals surface area contributed by atoms with Crippen LogP contribution in [0.15, 0.2) is 41.3 Å². The molecule has 0 spiro atoms. The minimum absolute atomic E-state index is 0.259. The van der Waals surface area contributed by atoms with Crippen molar-refractivity contribution in [2.75, 3.05) is 6.26 Å². The van der Waals surface area contributed by atoms with E-state index in [1.165, 1.54) is 6.07 Å². The van der Waals surface area contributed by atoms with Crippen LogP contribution in [0.3, 0.4) is 0 Å². The zero-order valence-corrected chi connectivity index (χ0v) is 12.8. The van der Waals surface area contributed by atoms with Gasteiger partial charge in [0.1, 0.15) is 22.3 Å². The van der Waals surface area contributed by atoms with Gasteiger partial charge in [-0.3, -0.25) is 0 Å². The van der Waals surface area contributed by atoms with Crippen molar-refractivity contribution >= 4 is 29.0 Å². The lowest BCUT2D eigenvalue weighted by Crippen LogP contribution is -2.12. The second kappa shape index (κ2) is 6.24. The number of rotatable bonds is 4. The molecule has 2 aromatic carbocycles. The van der Waals surface area contributed by atoms with E-state index in [4.69, 9.17) is 22.7 Å². The van der Waals surface area contributed by atoms with Gasteiger partial charge in [-0.15, -0.1) is 11.8 Å². The molecule has 0 heterocycles. The maximum Gasteiger partial charge on any atom is 0.138 e. The highest BCUT2D eigenvalue weighted by atomic mass is 32.2. The average Bonchev–Trinajstić information content (AvgIpc) is 2.42. The van der Waals surface area contributed by atoms with Crippen molar-refractivity contribution in [3.63, 3.8) is 0 Å². The van der Waals surface area contributed by atoms with Gasteiger partial charge in [0, 0.05) is 4.90 Å². The van der Waals surface area contributed by atoms with Gasteiger partial charge in [0.2, 0.25) is 0 Å². The molecule has 0 bridgehead atoms. The van der Waals surface area contributed by atoms with Crippen molar-refractivity contribution in [2.45, 2.75) is 11.8 Å². The molecule has 2 aromatic rings. The topological polar surface area (TPSA) is 35.2 Å². The minimum atomic E-state index is -0.259. The summed E-state index contributed by atoms with van der Waals surface area (Å²) < 4.78 is 19.1. The fourth-order valence-corrected chi connectivity index (χ4v) is 2.72. The van der Waals surface area contributed by atoms with Crippen LogP contribution in [0.1, 0.15) is 11.1 Å². The Morgan fingerprint density at radius 2 is 2.05 bits per heavy atom. The monoisotopic (exact) mass is 307 g/mol. The fraction of sp³-hybridized carbons (Fsp3) is 0.133. The first-order chi connectivity index (χ1) is 9.52. The highest BCUT2D eigenvalue weighted by Crippen LogP contribution is 2.32. The number of hydrogen-bond acceptors (Lipinski definition) is 3. The zero-order chi connectivity index (χ0) is 14.7. The number of nitrogens with two attached hydrogens (primary N) is 1. The van der Waals surface area contributed by atoms with E-state index >= 15 is 0 Å². The summed E-state index contributed by atoms with van der Waals surface area (Å²) in [5.74, 6) is 0.875. The predicted molar refractivity (Wildman–Crippen MR) is 85.3 cm³/mol. The zero-order valence-electron chi connectivity index (χ0n) is 11.1. The van der Waals surface area contributed by atoms with E-state index in [-0.39, 0.29) is 10.8 Å². The molecular weight excluding hydrogens is 293 g/mol. The fourth-order valence-electron chi connectivity index (χ4n) is 1.82. The Bertz CT molecular complexity index is 658. The molecule has 0 unspecified atom stereocenters. The second-order valence-electron chi connectivity index (χ2n) is 4.21. The Balaban J connectivity index is 2.42.